The molecule has 78 valence electrons. The van der Waals surface area contributed by atoms with Gasteiger partial charge >= 0.3 is 0 Å². The minimum atomic E-state index is -0.0357. The van der Waals surface area contributed by atoms with Gasteiger partial charge in [0.1, 0.15) is 5.78 Å². The normalized spacial score (nSPS) is 22.1. The highest BCUT2D eigenvalue weighted by Crippen LogP contribution is 2.12. The van der Waals surface area contributed by atoms with E-state index < -0.39 is 0 Å². The summed E-state index contributed by atoms with van der Waals surface area (Å²) in [5.41, 5.74) is 1.14. The maximum atomic E-state index is 11.2. The maximum absolute atomic E-state index is 11.2. The fraction of sp³-hybridized carbons (Fsp3) is 0.308. The Labute approximate surface area is 89.6 Å². The Morgan fingerprint density at radius 1 is 1.27 bits per heavy atom. The average molecular weight is 202 g/mol. The lowest BCUT2D eigenvalue weighted by atomic mass is 10.1. The van der Waals surface area contributed by atoms with E-state index in [1.807, 2.05) is 42.5 Å². The molecule has 1 fully saturated rings. The van der Waals surface area contributed by atoms with Gasteiger partial charge in [-0.2, -0.15) is 0 Å². The molecule has 1 aliphatic heterocycles. The first-order valence-corrected chi connectivity index (χ1v) is 5.21. The third kappa shape index (κ3) is 3.03. The number of carbonyl (C=O) groups is 1. The summed E-state index contributed by atoms with van der Waals surface area (Å²) in [7, 11) is 0. The Hall–Kier alpha value is -1.41. The molecule has 0 aromatic heterocycles. The fourth-order valence-electron chi connectivity index (χ4n) is 1.62. The third-order valence-electron chi connectivity index (χ3n) is 2.44. The Morgan fingerprint density at radius 3 is 2.80 bits per heavy atom. The van der Waals surface area contributed by atoms with Crippen molar-refractivity contribution in [3.05, 3.63) is 42.0 Å². The highest BCUT2D eigenvalue weighted by Gasteiger charge is 2.16. The number of rotatable bonds is 2. The number of ether oxygens (including phenoxy) is 1. The predicted molar refractivity (Wildman–Crippen MR) is 59.5 cm³/mol. The molecule has 0 saturated carbocycles. The van der Waals surface area contributed by atoms with Gasteiger partial charge in [-0.15, -0.1) is 0 Å². The summed E-state index contributed by atoms with van der Waals surface area (Å²) in [5.74, 6) is 0.295. The molecule has 1 aromatic rings. The van der Waals surface area contributed by atoms with Crippen molar-refractivity contribution in [2.45, 2.75) is 18.9 Å². The lowest BCUT2D eigenvalue weighted by Crippen LogP contribution is -2.23. The zero-order chi connectivity index (χ0) is 10.5. The van der Waals surface area contributed by atoms with Gasteiger partial charge in [-0.1, -0.05) is 42.5 Å². The van der Waals surface area contributed by atoms with Crippen molar-refractivity contribution in [1.82, 2.24) is 0 Å². The molecule has 1 saturated heterocycles. The van der Waals surface area contributed by atoms with Gasteiger partial charge in [0.15, 0.2) is 0 Å². The second-order valence-corrected chi connectivity index (χ2v) is 3.67. The molecular formula is C13H14O2. The van der Waals surface area contributed by atoms with E-state index in [9.17, 15) is 4.79 Å². The number of carbonyl (C=O) groups excluding carboxylic acids is 1. The molecule has 0 N–H and O–H groups in total. The molecular weight excluding hydrogens is 188 g/mol. The fourth-order valence-corrected chi connectivity index (χ4v) is 1.62. The van der Waals surface area contributed by atoms with Crippen molar-refractivity contribution in [3.8, 4) is 0 Å². The van der Waals surface area contributed by atoms with E-state index in [-0.39, 0.29) is 6.10 Å². The highest BCUT2D eigenvalue weighted by molar-refractivity contribution is 5.80. The first-order chi connectivity index (χ1) is 7.34. The second-order valence-electron chi connectivity index (χ2n) is 3.67. The zero-order valence-electron chi connectivity index (χ0n) is 8.56. The summed E-state index contributed by atoms with van der Waals surface area (Å²) in [6.07, 6.45) is 5.01. The Morgan fingerprint density at radius 2 is 2.07 bits per heavy atom. The quantitative estimate of drug-likeness (QED) is 0.736. The summed E-state index contributed by atoms with van der Waals surface area (Å²) >= 11 is 0. The van der Waals surface area contributed by atoms with Crippen LogP contribution in [0.5, 0.6) is 0 Å². The van der Waals surface area contributed by atoms with Crippen molar-refractivity contribution in [2.75, 3.05) is 6.61 Å². The molecule has 15 heavy (non-hydrogen) atoms. The number of Topliss-reactive ketones (excluding diaryl/α,β-unsaturated/α-hetero) is 1. The van der Waals surface area contributed by atoms with Crippen LogP contribution < -0.4 is 0 Å². The SMILES string of the molecule is O=C1CCOC(/C=C/c2ccccc2)C1. The average Bonchev–Trinajstić information content (AvgIpc) is 2.28. The van der Waals surface area contributed by atoms with Gasteiger partial charge in [0.2, 0.25) is 0 Å². The van der Waals surface area contributed by atoms with Crippen LogP contribution in [0.3, 0.4) is 0 Å². The topological polar surface area (TPSA) is 26.3 Å². The van der Waals surface area contributed by atoms with Crippen molar-refractivity contribution in [1.29, 1.82) is 0 Å². The van der Waals surface area contributed by atoms with Crippen LogP contribution in [0.1, 0.15) is 18.4 Å². The van der Waals surface area contributed by atoms with Crippen LogP contribution in [-0.4, -0.2) is 18.5 Å². The standard InChI is InChI=1S/C13H14O2/c14-12-8-9-15-13(10-12)7-6-11-4-2-1-3-5-11/h1-7,13H,8-10H2/b7-6+. The minimum Gasteiger partial charge on any atom is -0.373 e. The molecule has 0 amide bonds. The lowest BCUT2D eigenvalue weighted by Gasteiger charge is -2.18. The van der Waals surface area contributed by atoms with Gasteiger partial charge in [0.25, 0.3) is 0 Å². The van der Waals surface area contributed by atoms with Crippen molar-refractivity contribution >= 4 is 11.9 Å². The number of ketones is 1. The zero-order valence-corrected chi connectivity index (χ0v) is 8.56. The number of hydrogen-bond donors (Lipinski definition) is 0. The molecule has 0 aliphatic carbocycles. The lowest BCUT2D eigenvalue weighted by molar-refractivity contribution is -0.126. The van der Waals surface area contributed by atoms with Gasteiger partial charge in [-0.3, -0.25) is 4.79 Å². The molecule has 2 rings (SSSR count). The van der Waals surface area contributed by atoms with Crippen LogP contribution in [-0.2, 0) is 9.53 Å². The number of benzene rings is 1. The van der Waals surface area contributed by atoms with E-state index >= 15 is 0 Å². The molecule has 2 heteroatoms. The van der Waals surface area contributed by atoms with Gasteiger partial charge in [0.05, 0.1) is 12.7 Å². The van der Waals surface area contributed by atoms with Crippen LogP contribution >= 0.6 is 0 Å². The summed E-state index contributed by atoms with van der Waals surface area (Å²) in [6.45, 7) is 0.558. The Bertz CT molecular complexity index is 354. The summed E-state index contributed by atoms with van der Waals surface area (Å²) in [4.78, 5) is 11.2. The van der Waals surface area contributed by atoms with Crippen LogP contribution in [0.4, 0.5) is 0 Å². The van der Waals surface area contributed by atoms with E-state index in [4.69, 9.17) is 4.74 Å². The largest absolute Gasteiger partial charge is 0.373 e. The first kappa shape index (κ1) is 10.1. The van der Waals surface area contributed by atoms with Gasteiger partial charge < -0.3 is 4.74 Å². The van der Waals surface area contributed by atoms with E-state index in [1.54, 1.807) is 0 Å². The summed E-state index contributed by atoms with van der Waals surface area (Å²) < 4.78 is 5.46. The van der Waals surface area contributed by atoms with Gasteiger partial charge in [0, 0.05) is 12.8 Å². The number of hydrogen-bond acceptors (Lipinski definition) is 2. The smallest absolute Gasteiger partial charge is 0.138 e. The Kier molecular flexibility index (Phi) is 3.30. The molecule has 0 radical (unpaired) electrons. The Balaban J connectivity index is 1.96. The van der Waals surface area contributed by atoms with Crippen LogP contribution in [0.2, 0.25) is 0 Å². The van der Waals surface area contributed by atoms with Crippen LogP contribution in [0.25, 0.3) is 6.08 Å². The van der Waals surface area contributed by atoms with Crippen molar-refractivity contribution in [2.24, 2.45) is 0 Å². The van der Waals surface area contributed by atoms with E-state index in [2.05, 4.69) is 0 Å². The predicted octanol–water partition coefficient (Wildman–Crippen LogP) is 2.45. The molecule has 2 nitrogen and oxygen atoms in total. The second kappa shape index (κ2) is 4.89. The monoisotopic (exact) mass is 202 g/mol. The molecule has 1 aromatic carbocycles. The highest BCUT2D eigenvalue weighted by atomic mass is 16.5. The molecule has 1 aliphatic rings. The summed E-state index contributed by atoms with van der Waals surface area (Å²) in [6, 6.07) is 10.0. The maximum Gasteiger partial charge on any atom is 0.138 e. The molecule has 1 heterocycles. The molecule has 1 atom stereocenters. The van der Waals surface area contributed by atoms with Crippen molar-refractivity contribution in [3.63, 3.8) is 0 Å². The van der Waals surface area contributed by atoms with E-state index in [0.717, 1.165) is 5.56 Å². The molecule has 0 bridgehead atoms. The summed E-state index contributed by atoms with van der Waals surface area (Å²) in [5, 5.41) is 0. The minimum absolute atomic E-state index is 0.0357. The first-order valence-electron chi connectivity index (χ1n) is 5.21. The van der Waals surface area contributed by atoms with Gasteiger partial charge in [-0.05, 0) is 5.56 Å². The van der Waals surface area contributed by atoms with Crippen LogP contribution in [0, 0.1) is 0 Å². The van der Waals surface area contributed by atoms with E-state index in [1.165, 1.54) is 0 Å². The molecule has 1 unspecified atom stereocenters. The van der Waals surface area contributed by atoms with Crippen LogP contribution in [0.15, 0.2) is 36.4 Å². The molecule has 0 spiro atoms. The van der Waals surface area contributed by atoms with Gasteiger partial charge in [-0.25, -0.2) is 0 Å². The van der Waals surface area contributed by atoms with Crippen molar-refractivity contribution < 1.29 is 9.53 Å². The third-order valence-corrected chi connectivity index (χ3v) is 2.44. The van der Waals surface area contributed by atoms with E-state index in [0.29, 0.717) is 25.2 Å².